The second-order valence-corrected chi connectivity index (χ2v) is 17.1. The zero-order valence-electron chi connectivity index (χ0n) is 31.6. The van der Waals surface area contributed by atoms with E-state index in [9.17, 15) is 46.1 Å². The number of nitrogens with zero attached hydrogens (tertiary/aromatic N) is 3. The lowest BCUT2D eigenvalue weighted by Crippen LogP contribution is -2.57. The summed E-state index contributed by atoms with van der Waals surface area (Å²) >= 11 is 4.42. The number of aromatic hydroxyl groups is 1. The number of hydrogen-bond donors (Lipinski definition) is 6. The van der Waals surface area contributed by atoms with Crippen molar-refractivity contribution in [3.8, 4) is 5.75 Å². The first-order chi connectivity index (χ1) is 28.1. The van der Waals surface area contributed by atoms with Gasteiger partial charge < -0.3 is 40.4 Å². The van der Waals surface area contributed by atoms with E-state index in [-0.39, 0.29) is 22.1 Å². The van der Waals surface area contributed by atoms with E-state index in [2.05, 4.69) is 31.6 Å². The first kappa shape index (κ1) is 46.4. The van der Waals surface area contributed by atoms with Gasteiger partial charge in [0.15, 0.2) is 0 Å². The Balaban J connectivity index is 0.000000420. The van der Waals surface area contributed by atoms with E-state index in [1.165, 1.54) is 16.5 Å². The highest BCUT2D eigenvalue weighted by Gasteiger charge is 2.41. The monoisotopic (exact) mass is 907 g/mol. The summed E-state index contributed by atoms with van der Waals surface area (Å²) in [6.45, 7) is 7.62. The summed E-state index contributed by atoms with van der Waals surface area (Å²) in [7, 11) is 0. The number of aromatic nitrogens is 2. The highest BCUT2D eigenvalue weighted by molar-refractivity contribution is 7.18. The quantitative estimate of drug-likeness (QED) is 0.0755. The Bertz CT molecular complexity index is 2330. The van der Waals surface area contributed by atoms with E-state index >= 15 is 0 Å². The van der Waals surface area contributed by atoms with Gasteiger partial charge in [-0.3, -0.25) is 14.5 Å². The summed E-state index contributed by atoms with van der Waals surface area (Å²) in [6, 6.07) is 11.3. The summed E-state index contributed by atoms with van der Waals surface area (Å²) in [4.78, 5) is 55.7. The van der Waals surface area contributed by atoms with Crippen molar-refractivity contribution < 1.29 is 65.9 Å². The van der Waals surface area contributed by atoms with E-state index in [0.717, 1.165) is 65.5 Å². The van der Waals surface area contributed by atoms with Crippen LogP contribution in [0.2, 0.25) is 0 Å². The number of thiophene rings is 1. The number of phenols is 1. The summed E-state index contributed by atoms with van der Waals surface area (Å²) in [5.41, 5.74) is 3.57. The third kappa shape index (κ3) is 12.2. The van der Waals surface area contributed by atoms with Crippen molar-refractivity contribution in [2.45, 2.75) is 56.8 Å². The number of likely N-dealkylation sites (tertiary alicyclic amines) is 1. The largest absolute Gasteiger partial charge is 0.506 e. The van der Waals surface area contributed by atoms with E-state index in [1.54, 1.807) is 28.7 Å². The van der Waals surface area contributed by atoms with Gasteiger partial charge in [0.2, 0.25) is 0 Å². The molecular weight excluding hydrogens is 869 g/mol. The molecule has 1 atom stereocenters. The lowest BCUT2D eigenvalue weighted by atomic mass is 9.89. The molecule has 7 rings (SSSR count). The number of benzene rings is 2. The molecule has 2 aromatic carbocycles. The number of morpholine rings is 1. The number of aliphatic hydroxyl groups is 1. The average molecular weight is 908 g/mol. The third-order valence-electron chi connectivity index (χ3n) is 9.49. The fraction of sp³-hybridized carbons (Fsp3) is 0.432. The maximum atomic E-state index is 13.4. The number of alkyl halides is 6. The predicted molar refractivity (Wildman–Crippen MR) is 211 cm³/mol. The normalized spacial score (nSPS) is 16.2. The number of carbonyl (C=O) groups is 3. The molecule has 2 saturated heterocycles. The number of nitrogens with one attached hydrogen (secondary N) is 2. The van der Waals surface area contributed by atoms with Crippen LogP contribution in [0.25, 0.3) is 20.4 Å². The SMILES string of the molecule is Cc1nc2cc(C(=O)N3CCOC4(CCN(Cc5cc(CCNC[C@H](O)c6ccc(O)c7[nH]c(=O)sc67)cs5)CC4)C3)ccc2s1.O=C(O)C(F)(F)F.O=C(O)C(F)(F)F. The van der Waals surface area contributed by atoms with Crippen LogP contribution in [0, 0.1) is 6.92 Å². The van der Waals surface area contributed by atoms with Crippen LogP contribution in [-0.4, -0.2) is 122 Å². The number of H-pyrrole nitrogens is 1. The molecule has 60 heavy (non-hydrogen) atoms. The molecule has 326 valence electrons. The van der Waals surface area contributed by atoms with Crippen LogP contribution in [0.15, 0.2) is 46.6 Å². The van der Waals surface area contributed by atoms with Gasteiger partial charge in [0.1, 0.15) is 11.3 Å². The highest BCUT2D eigenvalue weighted by atomic mass is 32.1. The van der Waals surface area contributed by atoms with Gasteiger partial charge in [0.25, 0.3) is 5.91 Å². The Labute approximate surface area is 348 Å². The molecule has 0 aliphatic carbocycles. The number of aromatic amines is 1. The second kappa shape index (κ2) is 19.4. The highest BCUT2D eigenvalue weighted by Crippen LogP contribution is 2.33. The number of hydrogen-bond acceptors (Lipinski definition) is 13. The minimum atomic E-state index is -5.08. The Hall–Kier alpha value is -4.65. The fourth-order valence-electron chi connectivity index (χ4n) is 6.54. The van der Waals surface area contributed by atoms with Gasteiger partial charge in [-0.05, 0) is 74.0 Å². The number of amides is 1. The Morgan fingerprint density at radius 3 is 2.32 bits per heavy atom. The number of aryl methyl sites for hydroxylation is 1. The van der Waals surface area contributed by atoms with Gasteiger partial charge in [-0.1, -0.05) is 17.4 Å². The van der Waals surface area contributed by atoms with Crippen molar-refractivity contribution in [2.75, 3.05) is 45.9 Å². The number of aliphatic carboxylic acids is 2. The van der Waals surface area contributed by atoms with Crippen LogP contribution in [0.5, 0.6) is 5.75 Å². The number of phenolic OH excluding ortho intramolecular Hbond substituents is 1. The van der Waals surface area contributed by atoms with Crippen LogP contribution in [0.4, 0.5) is 26.3 Å². The lowest BCUT2D eigenvalue weighted by Gasteiger charge is -2.47. The van der Waals surface area contributed by atoms with Crippen LogP contribution < -0.4 is 10.2 Å². The molecule has 5 aromatic rings. The Morgan fingerprint density at radius 1 is 1.00 bits per heavy atom. The molecule has 1 spiro atoms. The van der Waals surface area contributed by atoms with Gasteiger partial charge in [-0.25, -0.2) is 14.6 Å². The first-order valence-electron chi connectivity index (χ1n) is 18.1. The number of thiazole rings is 2. The summed E-state index contributed by atoms with van der Waals surface area (Å²) in [5, 5.41) is 41.5. The van der Waals surface area contributed by atoms with Crippen LogP contribution in [-0.2, 0) is 27.3 Å². The number of fused-ring (bicyclic) bond motifs is 2. The van der Waals surface area contributed by atoms with Gasteiger partial charge >= 0.3 is 29.2 Å². The lowest BCUT2D eigenvalue weighted by molar-refractivity contribution is -0.193. The number of halogens is 6. The standard InChI is InChI=1S/C33H37N5O5S3.2C2HF3O2/c1-20-35-25-15-22(2-5-28(25)45-20)31(41)38-12-13-43-33(19-38)7-10-37(11-8-33)17-23-14-21(18-44-23)6-9-34-16-27(40)24-3-4-26(39)29-30(24)46-32(42)36-29;2*3-2(4,5)1(6)7/h2-5,14-15,18,27,34,39-40H,6-13,16-17,19H2,1H3,(H,36,42);2*(H,6,7)/t27-;;/m0../s1. The molecule has 3 aromatic heterocycles. The molecule has 0 unspecified atom stereocenters. The number of carbonyl (C=O) groups excluding carboxylic acids is 1. The predicted octanol–water partition coefficient (Wildman–Crippen LogP) is 5.91. The summed E-state index contributed by atoms with van der Waals surface area (Å²) < 4.78 is 71.5. The average Bonchev–Trinajstić information content (AvgIpc) is 3.91. The Kier molecular flexibility index (Phi) is 15.0. The summed E-state index contributed by atoms with van der Waals surface area (Å²) in [6.07, 6.45) is -8.30. The number of carboxylic acid groups (broad SMARTS) is 2. The first-order valence-corrected chi connectivity index (χ1v) is 20.6. The van der Waals surface area contributed by atoms with Gasteiger partial charge in [-0.15, -0.1) is 22.7 Å². The number of ether oxygens (including phenoxy) is 1. The maximum absolute atomic E-state index is 13.4. The smallest absolute Gasteiger partial charge is 0.490 e. The van der Waals surface area contributed by atoms with Gasteiger partial charge in [0, 0.05) is 48.7 Å². The van der Waals surface area contributed by atoms with Crippen LogP contribution in [0.1, 0.15) is 50.3 Å². The molecule has 2 fully saturated rings. The molecule has 0 saturated carbocycles. The van der Waals surface area contributed by atoms with Crippen LogP contribution >= 0.6 is 34.0 Å². The van der Waals surface area contributed by atoms with Crippen molar-refractivity contribution in [3.63, 3.8) is 0 Å². The van der Waals surface area contributed by atoms with Crippen molar-refractivity contribution in [2.24, 2.45) is 0 Å². The molecule has 2 aliphatic rings. The molecule has 0 radical (unpaired) electrons. The minimum absolute atomic E-state index is 0.00635. The van der Waals surface area contributed by atoms with Crippen molar-refractivity contribution >= 4 is 72.3 Å². The van der Waals surface area contributed by atoms with E-state index in [4.69, 9.17) is 24.5 Å². The zero-order chi connectivity index (χ0) is 44.0. The van der Waals surface area contributed by atoms with E-state index < -0.39 is 30.4 Å². The number of rotatable bonds is 9. The number of piperidine rings is 1. The van der Waals surface area contributed by atoms with Crippen molar-refractivity contribution in [1.29, 1.82) is 0 Å². The molecule has 14 nitrogen and oxygen atoms in total. The topological polar surface area (TPSA) is 206 Å². The maximum Gasteiger partial charge on any atom is 0.490 e. The van der Waals surface area contributed by atoms with Gasteiger partial charge in [0.05, 0.1) is 44.8 Å². The molecule has 1 amide bonds. The Morgan fingerprint density at radius 2 is 1.67 bits per heavy atom. The molecule has 23 heteroatoms. The van der Waals surface area contributed by atoms with Crippen molar-refractivity contribution in [3.05, 3.63) is 78.0 Å². The molecule has 5 heterocycles. The van der Waals surface area contributed by atoms with Gasteiger partial charge in [-0.2, -0.15) is 26.3 Å². The molecular formula is C37H39F6N5O9S3. The fourth-order valence-corrected chi connectivity index (χ4v) is 9.23. The van der Waals surface area contributed by atoms with E-state index in [1.807, 2.05) is 30.0 Å². The molecule has 0 bridgehead atoms. The molecule has 6 N–H and O–H groups in total. The van der Waals surface area contributed by atoms with Crippen molar-refractivity contribution in [1.82, 2.24) is 25.1 Å². The van der Waals surface area contributed by atoms with E-state index in [0.29, 0.717) is 54.1 Å². The molecule has 2 aliphatic heterocycles. The third-order valence-corrected chi connectivity index (χ3v) is 12.3. The second-order valence-electron chi connectivity index (χ2n) is 13.8. The number of aliphatic hydroxyl groups excluding tert-OH is 1. The minimum Gasteiger partial charge on any atom is -0.506 e. The summed E-state index contributed by atoms with van der Waals surface area (Å²) in [5.74, 6) is -5.45. The van der Waals surface area contributed by atoms with Crippen LogP contribution in [0.3, 0.4) is 0 Å². The zero-order valence-corrected chi connectivity index (χ0v) is 34.0. The number of carboxylic acids is 2.